The molecule has 3 heteroatoms. The molecule has 0 unspecified atom stereocenters. The molecule has 0 aliphatic carbocycles. The molecule has 2 N–H and O–H groups in total. The van der Waals surface area contributed by atoms with Gasteiger partial charge in [-0.05, 0) is 31.5 Å². The van der Waals surface area contributed by atoms with Crippen molar-refractivity contribution >= 4 is 0 Å². The van der Waals surface area contributed by atoms with E-state index < -0.39 is 0 Å². The summed E-state index contributed by atoms with van der Waals surface area (Å²) in [6, 6.07) is 4.12. The van der Waals surface area contributed by atoms with Crippen LogP contribution >= 0.6 is 0 Å². The number of terminal acetylenes is 1. The summed E-state index contributed by atoms with van der Waals surface area (Å²) in [6.45, 7) is 2.32. The van der Waals surface area contributed by atoms with Crippen LogP contribution in [0.3, 0.4) is 0 Å². The van der Waals surface area contributed by atoms with Crippen molar-refractivity contribution in [1.82, 2.24) is 0 Å². The minimum absolute atomic E-state index is 0.252. The van der Waals surface area contributed by atoms with Crippen LogP contribution in [0.25, 0.3) is 0 Å². The normalized spacial score (nSPS) is 11.9. The fraction of sp³-hybridized carbons (Fsp3) is 0.385. The van der Waals surface area contributed by atoms with Crippen LogP contribution in [0.4, 0.5) is 4.39 Å². The zero-order valence-electron chi connectivity index (χ0n) is 9.37. The summed E-state index contributed by atoms with van der Waals surface area (Å²) in [6.07, 6.45) is 6.59. The van der Waals surface area contributed by atoms with Gasteiger partial charge in [0.15, 0.2) is 0 Å². The van der Waals surface area contributed by atoms with Gasteiger partial charge in [0.1, 0.15) is 11.6 Å². The number of rotatable bonds is 5. The van der Waals surface area contributed by atoms with Crippen LogP contribution in [0.5, 0.6) is 5.75 Å². The molecule has 0 aliphatic heterocycles. The molecule has 0 heterocycles. The van der Waals surface area contributed by atoms with Gasteiger partial charge in [0, 0.05) is 18.0 Å². The first-order chi connectivity index (χ1) is 7.65. The molecule has 0 saturated carbocycles. The highest BCUT2D eigenvalue weighted by Crippen LogP contribution is 2.24. The highest BCUT2D eigenvalue weighted by molar-refractivity contribution is 5.36. The number of ether oxygens (including phenoxy) is 1. The van der Waals surface area contributed by atoms with Crippen molar-refractivity contribution < 1.29 is 9.13 Å². The van der Waals surface area contributed by atoms with Crippen molar-refractivity contribution in [3.8, 4) is 18.1 Å². The van der Waals surface area contributed by atoms with Crippen molar-refractivity contribution in [1.29, 1.82) is 0 Å². The summed E-state index contributed by atoms with van der Waals surface area (Å²) < 4.78 is 18.5. The molecule has 1 atom stereocenters. The van der Waals surface area contributed by atoms with Crippen LogP contribution in [-0.4, -0.2) is 6.61 Å². The van der Waals surface area contributed by atoms with Crippen LogP contribution in [0.1, 0.15) is 31.4 Å². The minimum atomic E-state index is -0.303. The van der Waals surface area contributed by atoms with Crippen LogP contribution in [0, 0.1) is 18.2 Å². The lowest BCUT2D eigenvalue weighted by atomic mass is 10.1. The van der Waals surface area contributed by atoms with E-state index in [0.29, 0.717) is 24.3 Å². The first kappa shape index (κ1) is 12.5. The average Bonchev–Trinajstić information content (AvgIpc) is 2.26. The van der Waals surface area contributed by atoms with Gasteiger partial charge in [0.25, 0.3) is 0 Å². The fourth-order valence-corrected chi connectivity index (χ4v) is 1.36. The van der Waals surface area contributed by atoms with E-state index in [2.05, 4.69) is 5.92 Å². The Labute approximate surface area is 95.6 Å². The first-order valence-corrected chi connectivity index (χ1v) is 5.26. The predicted octanol–water partition coefficient (Wildman–Crippen LogP) is 2.64. The van der Waals surface area contributed by atoms with Gasteiger partial charge in [-0.3, -0.25) is 0 Å². The van der Waals surface area contributed by atoms with Crippen molar-refractivity contribution in [3.05, 3.63) is 29.6 Å². The van der Waals surface area contributed by atoms with E-state index in [0.717, 1.165) is 6.42 Å². The van der Waals surface area contributed by atoms with Crippen molar-refractivity contribution in [2.45, 2.75) is 25.8 Å². The maximum absolute atomic E-state index is 13.0. The van der Waals surface area contributed by atoms with E-state index in [1.165, 1.54) is 12.1 Å². The second-order valence-corrected chi connectivity index (χ2v) is 3.63. The van der Waals surface area contributed by atoms with E-state index in [4.69, 9.17) is 16.9 Å². The number of hydrogen-bond acceptors (Lipinski definition) is 2. The Balaban J connectivity index is 2.68. The predicted molar refractivity (Wildman–Crippen MR) is 62.6 cm³/mol. The minimum Gasteiger partial charge on any atom is -0.493 e. The molecule has 1 aromatic rings. The third kappa shape index (κ3) is 3.56. The Hall–Kier alpha value is -1.53. The van der Waals surface area contributed by atoms with Gasteiger partial charge in [-0.1, -0.05) is 0 Å². The molecular weight excluding hydrogens is 205 g/mol. The standard InChI is InChI=1S/C13H16FNO/c1-3-4-5-8-16-13-7-6-11(14)9-12(13)10(2)15/h1,6-7,9-10H,4-5,8,15H2,2H3/t10-/m1/s1. The number of unbranched alkanes of at least 4 members (excludes halogenated alkanes) is 1. The SMILES string of the molecule is C#CCCCOc1ccc(F)cc1[C@@H](C)N. The second-order valence-electron chi connectivity index (χ2n) is 3.63. The Bertz CT molecular complexity index is 382. The maximum Gasteiger partial charge on any atom is 0.124 e. The summed E-state index contributed by atoms with van der Waals surface area (Å²) in [5, 5.41) is 0. The van der Waals surface area contributed by atoms with E-state index >= 15 is 0 Å². The number of benzene rings is 1. The quantitative estimate of drug-likeness (QED) is 0.612. The van der Waals surface area contributed by atoms with Crippen molar-refractivity contribution in [2.24, 2.45) is 5.73 Å². The Morgan fingerprint density at radius 3 is 2.94 bits per heavy atom. The highest BCUT2D eigenvalue weighted by atomic mass is 19.1. The monoisotopic (exact) mass is 221 g/mol. The molecule has 0 radical (unpaired) electrons. The van der Waals surface area contributed by atoms with E-state index in [1.807, 2.05) is 0 Å². The Kier molecular flexibility index (Phi) is 4.81. The lowest BCUT2D eigenvalue weighted by Gasteiger charge is -2.13. The Morgan fingerprint density at radius 2 is 2.31 bits per heavy atom. The molecule has 0 saturated heterocycles. The van der Waals surface area contributed by atoms with Gasteiger partial charge in [-0.15, -0.1) is 12.3 Å². The molecule has 16 heavy (non-hydrogen) atoms. The van der Waals surface area contributed by atoms with Crippen LogP contribution < -0.4 is 10.5 Å². The van der Waals surface area contributed by atoms with Crippen molar-refractivity contribution in [2.75, 3.05) is 6.61 Å². The van der Waals surface area contributed by atoms with Crippen LogP contribution in [0.2, 0.25) is 0 Å². The Morgan fingerprint density at radius 1 is 1.56 bits per heavy atom. The van der Waals surface area contributed by atoms with Crippen LogP contribution in [0.15, 0.2) is 18.2 Å². The zero-order valence-corrected chi connectivity index (χ0v) is 9.37. The molecule has 0 aromatic heterocycles. The number of halogens is 1. The lowest BCUT2D eigenvalue weighted by molar-refractivity contribution is 0.307. The van der Waals surface area contributed by atoms with Crippen molar-refractivity contribution in [3.63, 3.8) is 0 Å². The summed E-state index contributed by atoms with van der Waals surface area (Å²) in [5.41, 5.74) is 6.42. The molecule has 0 fully saturated rings. The lowest BCUT2D eigenvalue weighted by Crippen LogP contribution is -2.09. The maximum atomic E-state index is 13.0. The smallest absolute Gasteiger partial charge is 0.124 e. The molecule has 1 rings (SSSR count). The summed E-state index contributed by atoms with van der Waals surface area (Å²) in [7, 11) is 0. The van der Waals surface area contributed by atoms with Gasteiger partial charge in [-0.25, -0.2) is 4.39 Å². The molecule has 2 nitrogen and oxygen atoms in total. The van der Waals surface area contributed by atoms with Gasteiger partial charge in [0.05, 0.1) is 6.61 Å². The number of hydrogen-bond donors (Lipinski definition) is 1. The molecular formula is C13H16FNO. The molecule has 0 spiro atoms. The third-order valence-electron chi connectivity index (χ3n) is 2.19. The zero-order chi connectivity index (χ0) is 12.0. The summed E-state index contributed by atoms with van der Waals surface area (Å²) in [4.78, 5) is 0. The topological polar surface area (TPSA) is 35.2 Å². The van der Waals surface area contributed by atoms with E-state index in [1.54, 1.807) is 13.0 Å². The van der Waals surface area contributed by atoms with Gasteiger partial charge >= 0.3 is 0 Å². The molecule has 0 amide bonds. The summed E-state index contributed by atoms with van der Waals surface area (Å²) in [5.74, 6) is 2.87. The first-order valence-electron chi connectivity index (χ1n) is 5.26. The average molecular weight is 221 g/mol. The molecule has 1 aromatic carbocycles. The van der Waals surface area contributed by atoms with E-state index in [9.17, 15) is 4.39 Å². The summed E-state index contributed by atoms with van der Waals surface area (Å²) >= 11 is 0. The number of nitrogens with two attached hydrogens (primary N) is 1. The highest BCUT2D eigenvalue weighted by Gasteiger charge is 2.09. The third-order valence-corrected chi connectivity index (χ3v) is 2.19. The molecule has 86 valence electrons. The molecule has 0 bridgehead atoms. The van der Waals surface area contributed by atoms with Crippen LogP contribution in [-0.2, 0) is 0 Å². The van der Waals surface area contributed by atoms with Gasteiger partial charge < -0.3 is 10.5 Å². The molecule has 0 aliphatic rings. The fourth-order valence-electron chi connectivity index (χ4n) is 1.36. The second kappa shape index (κ2) is 6.14. The van der Waals surface area contributed by atoms with Gasteiger partial charge in [0.2, 0.25) is 0 Å². The van der Waals surface area contributed by atoms with E-state index in [-0.39, 0.29) is 11.9 Å². The van der Waals surface area contributed by atoms with Gasteiger partial charge in [-0.2, -0.15) is 0 Å². The largest absolute Gasteiger partial charge is 0.493 e.